The lowest BCUT2D eigenvalue weighted by atomic mass is 10.1. The van der Waals surface area contributed by atoms with Crippen molar-refractivity contribution in [1.82, 2.24) is 5.32 Å². The molecule has 1 heterocycles. The van der Waals surface area contributed by atoms with Crippen LogP contribution in [0.25, 0.3) is 0 Å². The first-order valence-corrected chi connectivity index (χ1v) is 6.81. The smallest absolute Gasteiger partial charge is 0.287 e. The van der Waals surface area contributed by atoms with Crippen molar-refractivity contribution >= 4 is 29.1 Å². The Kier molecular flexibility index (Phi) is 4.70. The Hall–Kier alpha value is -1.49. The predicted octanol–water partition coefficient (Wildman–Crippen LogP) is 3.54. The maximum Gasteiger partial charge on any atom is 0.287 e. The number of halogens is 2. The zero-order chi connectivity index (χ0) is 14.7. The van der Waals surface area contributed by atoms with Gasteiger partial charge in [0.15, 0.2) is 5.76 Å². The quantitative estimate of drug-likeness (QED) is 0.907. The minimum absolute atomic E-state index is 0.219. The van der Waals surface area contributed by atoms with Gasteiger partial charge < -0.3 is 15.5 Å². The van der Waals surface area contributed by atoms with E-state index in [0.717, 1.165) is 5.56 Å². The number of hydrogen-bond donors (Lipinski definition) is 2. The monoisotopic (exact) mass is 312 g/mol. The van der Waals surface area contributed by atoms with Gasteiger partial charge in [-0.15, -0.1) is 0 Å². The van der Waals surface area contributed by atoms with E-state index in [1.807, 2.05) is 13.0 Å². The molecule has 0 saturated heterocycles. The molecule has 1 unspecified atom stereocenters. The van der Waals surface area contributed by atoms with Crippen LogP contribution in [0.3, 0.4) is 0 Å². The molecule has 0 bridgehead atoms. The largest absolute Gasteiger partial charge is 0.455 e. The summed E-state index contributed by atoms with van der Waals surface area (Å²) < 4.78 is 5.29. The van der Waals surface area contributed by atoms with Gasteiger partial charge in [-0.1, -0.05) is 29.3 Å². The number of nitrogens with two attached hydrogens (primary N) is 1. The summed E-state index contributed by atoms with van der Waals surface area (Å²) in [4.78, 5) is 12.0. The molecule has 3 N–H and O–H groups in total. The van der Waals surface area contributed by atoms with Crippen LogP contribution >= 0.6 is 23.2 Å². The van der Waals surface area contributed by atoms with Crippen LogP contribution < -0.4 is 11.1 Å². The highest BCUT2D eigenvalue weighted by molar-refractivity contribution is 6.42. The lowest BCUT2D eigenvalue weighted by Crippen LogP contribution is -2.26. The Morgan fingerprint density at radius 1 is 1.30 bits per heavy atom. The van der Waals surface area contributed by atoms with Crippen LogP contribution in [0.2, 0.25) is 10.0 Å². The van der Waals surface area contributed by atoms with Gasteiger partial charge in [0, 0.05) is 0 Å². The molecule has 2 aromatic rings. The molecule has 1 aromatic heterocycles. The molecule has 0 saturated carbocycles. The standard InChI is InChI=1S/C14H14Cl2N2O2/c1-8(9-2-4-11(15)12(16)6-9)18-14(19)13-5-3-10(7-17)20-13/h2-6,8H,7,17H2,1H3,(H,18,19). The number of rotatable bonds is 4. The zero-order valence-corrected chi connectivity index (χ0v) is 12.3. The lowest BCUT2D eigenvalue weighted by Gasteiger charge is -2.14. The van der Waals surface area contributed by atoms with Crippen LogP contribution in [0.4, 0.5) is 0 Å². The first kappa shape index (κ1) is 14.9. The van der Waals surface area contributed by atoms with Crippen molar-refractivity contribution in [3.8, 4) is 0 Å². The van der Waals surface area contributed by atoms with Gasteiger partial charge in [0.25, 0.3) is 5.91 Å². The molecule has 0 fully saturated rings. The topological polar surface area (TPSA) is 68.3 Å². The maximum absolute atomic E-state index is 12.0. The molecule has 1 aromatic carbocycles. The van der Waals surface area contributed by atoms with Gasteiger partial charge in [0.2, 0.25) is 0 Å². The minimum atomic E-state index is -0.303. The molecule has 6 heteroatoms. The summed E-state index contributed by atoms with van der Waals surface area (Å²) in [7, 11) is 0. The van der Waals surface area contributed by atoms with Crippen LogP contribution in [0.5, 0.6) is 0 Å². The molecule has 0 radical (unpaired) electrons. The van der Waals surface area contributed by atoms with E-state index < -0.39 is 0 Å². The third kappa shape index (κ3) is 3.33. The molecule has 0 aliphatic rings. The van der Waals surface area contributed by atoms with E-state index in [1.54, 1.807) is 24.3 Å². The summed E-state index contributed by atoms with van der Waals surface area (Å²) >= 11 is 11.8. The fourth-order valence-corrected chi connectivity index (χ4v) is 2.05. The van der Waals surface area contributed by atoms with Gasteiger partial charge in [0.05, 0.1) is 22.6 Å². The third-order valence-corrected chi connectivity index (χ3v) is 3.62. The molecular weight excluding hydrogens is 299 g/mol. The molecule has 1 amide bonds. The first-order chi connectivity index (χ1) is 9.51. The second-order valence-electron chi connectivity index (χ2n) is 4.34. The van der Waals surface area contributed by atoms with Crippen molar-refractivity contribution < 1.29 is 9.21 Å². The van der Waals surface area contributed by atoms with Crippen LogP contribution in [0.1, 0.15) is 34.8 Å². The van der Waals surface area contributed by atoms with E-state index in [9.17, 15) is 4.79 Å². The number of carbonyl (C=O) groups is 1. The van der Waals surface area contributed by atoms with E-state index >= 15 is 0 Å². The van der Waals surface area contributed by atoms with Gasteiger partial charge in [-0.25, -0.2) is 0 Å². The Bertz CT molecular complexity index is 625. The fourth-order valence-electron chi connectivity index (χ4n) is 1.74. The van der Waals surface area contributed by atoms with Crippen LogP contribution in [-0.2, 0) is 6.54 Å². The van der Waals surface area contributed by atoms with Gasteiger partial charge in [-0.3, -0.25) is 4.79 Å². The Morgan fingerprint density at radius 3 is 2.65 bits per heavy atom. The number of carbonyl (C=O) groups excluding carboxylic acids is 1. The van der Waals surface area contributed by atoms with Crippen LogP contribution in [-0.4, -0.2) is 5.91 Å². The second-order valence-corrected chi connectivity index (χ2v) is 5.15. The molecule has 2 rings (SSSR count). The van der Waals surface area contributed by atoms with Gasteiger partial charge in [-0.05, 0) is 36.8 Å². The second kappa shape index (κ2) is 6.31. The highest BCUT2D eigenvalue weighted by Crippen LogP contribution is 2.25. The van der Waals surface area contributed by atoms with E-state index in [2.05, 4.69) is 5.32 Å². The van der Waals surface area contributed by atoms with Crippen LogP contribution in [0, 0.1) is 0 Å². The average molecular weight is 313 g/mol. The van der Waals surface area contributed by atoms with E-state index in [-0.39, 0.29) is 24.3 Å². The summed E-state index contributed by atoms with van der Waals surface area (Å²) in [5.74, 6) is 0.498. The van der Waals surface area contributed by atoms with Crippen molar-refractivity contribution in [2.45, 2.75) is 19.5 Å². The number of hydrogen-bond acceptors (Lipinski definition) is 3. The average Bonchev–Trinajstić information content (AvgIpc) is 2.90. The summed E-state index contributed by atoms with van der Waals surface area (Å²) in [6.07, 6.45) is 0. The number of amides is 1. The number of nitrogens with one attached hydrogen (secondary N) is 1. The Labute approximate surface area is 126 Å². The van der Waals surface area contributed by atoms with Crippen molar-refractivity contribution in [1.29, 1.82) is 0 Å². The molecule has 106 valence electrons. The number of benzene rings is 1. The highest BCUT2D eigenvalue weighted by atomic mass is 35.5. The molecule has 0 aliphatic carbocycles. The first-order valence-electron chi connectivity index (χ1n) is 6.06. The van der Waals surface area contributed by atoms with Crippen molar-refractivity contribution in [3.05, 3.63) is 57.5 Å². The van der Waals surface area contributed by atoms with Crippen molar-refractivity contribution in [3.63, 3.8) is 0 Å². The van der Waals surface area contributed by atoms with Gasteiger partial charge >= 0.3 is 0 Å². The molecule has 0 spiro atoms. The summed E-state index contributed by atoms with van der Waals surface area (Å²) in [6, 6.07) is 8.29. The zero-order valence-electron chi connectivity index (χ0n) is 10.8. The lowest BCUT2D eigenvalue weighted by molar-refractivity contribution is 0.0910. The van der Waals surface area contributed by atoms with Gasteiger partial charge in [-0.2, -0.15) is 0 Å². The molecule has 4 nitrogen and oxygen atoms in total. The normalized spacial score (nSPS) is 12.2. The van der Waals surface area contributed by atoms with E-state index in [1.165, 1.54) is 0 Å². The third-order valence-electron chi connectivity index (χ3n) is 2.88. The predicted molar refractivity (Wildman–Crippen MR) is 78.9 cm³/mol. The van der Waals surface area contributed by atoms with E-state index in [0.29, 0.717) is 15.8 Å². The molecule has 20 heavy (non-hydrogen) atoms. The van der Waals surface area contributed by atoms with Gasteiger partial charge in [0.1, 0.15) is 5.76 Å². The highest BCUT2D eigenvalue weighted by Gasteiger charge is 2.15. The summed E-state index contributed by atoms with van der Waals surface area (Å²) in [6.45, 7) is 2.11. The van der Waals surface area contributed by atoms with Crippen molar-refractivity contribution in [2.75, 3.05) is 0 Å². The Morgan fingerprint density at radius 2 is 2.05 bits per heavy atom. The van der Waals surface area contributed by atoms with Crippen molar-refractivity contribution in [2.24, 2.45) is 5.73 Å². The summed E-state index contributed by atoms with van der Waals surface area (Å²) in [5.41, 5.74) is 6.29. The van der Waals surface area contributed by atoms with E-state index in [4.69, 9.17) is 33.4 Å². The molecular formula is C14H14Cl2N2O2. The molecule has 1 atom stereocenters. The minimum Gasteiger partial charge on any atom is -0.455 e. The molecule has 0 aliphatic heterocycles. The SMILES string of the molecule is CC(NC(=O)c1ccc(CN)o1)c1ccc(Cl)c(Cl)c1. The Balaban J connectivity index is 2.08. The van der Waals surface area contributed by atoms with Crippen LogP contribution in [0.15, 0.2) is 34.7 Å². The fraction of sp³-hybridized carbons (Fsp3) is 0.214. The summed E-state index contributed by atoms with van der Waals surface area (Å²) in [5, 5.41) is 3.75. The maximum atomic E-state index is 12.0. The number of furan rings is 1.